The molecule has 0 atom stereocenters. The normalized spacial score (nSPS) is 11.9. The van der Waals surface area contributed by atoms with E-state index < -0.39 is 0 Å². The zero-order chi connectivity index (χ0) is 57.4. The molecule has 18 aromatic rings. The van der Waals surface area contributed by atoms with E-state index in [-0.39, 0.29) is 0 Å². The maximum absolute atomic E-state index is 11.1. The van der Waals surface area contributed by atoms with Crippen molar-refractivity contribution >= 4 is 115 Å². The van der Waals surface area contributed by atoms with Gasteiger partial charge in [-0.15, -0.1) is 0 Å². The summed E-state index contributed by atoms with van der Waals surface area (Å²) in [6.07, 6.45) is 1.92. The van der Waals surface area contributed by atoms with Crippen LogP contribution in [0, 0.1) is 17.9 Å². The van der Waals surface area contributed by atoms with Crippen molar-refractivity contribution in [2.24, 2.45) is 0 Å². The standard InChI is InChI=1S/C79H46N8/c1-81-52-25-20-24-51(47-52)72-71(50-23-19-22-49(46-50)48-80)77(85-64-37-14-7-30-56(64)57-31-8-15-38-65(57)85)79(87-68-41-18-11-34-60(68)61-43-44-69-73(75(61)87)74-70(42-21-45-82-74)83(69)53-26-3-2-4-27-53)78(86-66-39-16-9-32-58(66)59-33-10-17-40-67(59)86)76(72)84-62-35-12-5-28-54(62)55-29-6-13-36-63(55)84/h2-47H. The molecule has 0 radical (unpaired) electrons. The summed E-state index contributed by atoms with van der Waals surface area (Å²) < 4.78 is 12.4. The van der Waals surface area contributed by atoms with E-state index in [1.807, 2.05) is 36.5 Å². The van der Waals surface area contributed by atoms with Gasteiger partial charge in [-0.05, 0) is 102 Å². The molecule has 6 aromatic heterocycles. The Balaban J connectivity index is 1.24. The van der Waals surface area contributed by atoms with E-state index in [1.54, 1.807) is 0 Å². The van der Waals surface area contributed by atoms with Crippen LogP contribution in [0.2, 0.25) is 0 Å². The molecule has 87 heavy (non-hydrogen) atoms. The second-order valence-electron chi connectivity index (χ2n) is 22.4. The van der Waals surface area contributed by atoms with E-state index in [0.29, 0.717) is 11.3 Å². The number of benzene rings is 12. The highest BCUT2D eigenvalue weighted by Crippen LogP contribution is 2.55. The number of nitriles is 1. The molecule has 0 unspecified atom stereocenters. The summed E-state index contributed by atoms with van der Waals surface area (Å²) in [6, 6.07) is 99.7. The van der Waals surface area contributed by atoms with Crippen molar-refractivity contribution in [2.45, 2.75) is 0 Å². The quantitative estimate of drug-likeness (QED) is 0.149. The first-order valence-corrected chi connectivity index (χ1v) is 29.2. The molecule has 0 N–H and O–H groups in total. The molecule has 0 fully saturated rings. The predicted octanol–water partition coefficient (Wildman–Crippen LogP) is 20.3. The Morgan fingerprint density at radius 2 is 0.747 bits per heavy atom. The molecule has 0 aliphatic rings. The van der Waals surface area contributed by atoms with Crippen molar-refractivity contribution in [1.29, 1.82) is 5.26 Å². The van der Waals surface area contributed by atoms with Gasteiger partial charge >= 0.3 is 0 Å². The maximum Gasteiger partial charge on any atom is 0.187 e. The van der Waals surface area contributed by atoms with Crippen molar-refractivity contribution in [2.75, 3.05) is 0 Å². The fourth-order valence-corrected chi connectivity index (χ4v) is 14.5. The minimum atomic E-state index is 0.505. The van der Waals surface area contributed by atoms with Crippen LogP contribution in [0.1, 0.15) is 5.56 Å². The fraction of sp³-hybridized carbons (Fsp3) is 0. The number of hydrogen-bond acceptors (Lipinski definition) is 2. The lowest BCUT2D eigenvalue weighted by Crippen LogP contribution is -2.16. The van der Waals surface area contributed by atoms with Crippen LogP contribution in [0.4, 0.5) is 5.69 Å². The molecule has 0 saturated carbocycles. The number of para-hydroxylation sites is 8. The molecule has 0 aliphatic carbocycles. The number of fused-ring (bicyclic) bond motifs is 16. The SMILES string of the molecule is [C-]#[N+]c1cccc(-c2c(-c3cccc(C#N)c3)c(-n3c4ccccc4c4ccccc43)c(-n3c4ccccc4c4ccc5c(c6ncccc6n5-c5ccccc5)c43)c(-n3c4ccccc4c4ccccc43)c2-n2c3ccccc3c3ccccc32)c1. The van der Waals surface area contributed by atoms with Gasteiger partial charge in [0.25, 0.3) is 0 Å². The molecular weight excluding hydrogens is 1060 g/mol. The van der Waals surface area contributed by atoms with Crippen molar-refractivity contribution in [3.8, 4) is 56.8 Å². The second-order valence-corrected chi connectivity index (χ2v) is 22.4. The van der Waals surface area contributed by atoms with Crippen LogP contribution in [0.25, 0.3) is 165 Å². The highest BCUT2D eigenvalue weighted by atomic mass is 15.1. The Morgan fingerprint density at radius 1 is 0.333 bits per heavy atom. The Kier molecular flexibility index (Phi) is 10.4. The van der Waals surface area contributed by atoms with Gasteiger partial charge in [0.1, 0.15) is 0 Å². The third-order valence-electron chi connectivity index (χ3n) is 17.9. The first-order chi connectivity index (χ1) is 43.2. The summed E-state index contributed by atoms with van der Waals surface area (Å²) >= 11 is 0. The number of pyridine rings is 1. The Labute approximate surface area is 498 Å². The zero-order valence-corrected chi connectivity index (χ0v) is 46.6. The molecule has 0 bridgehead atoms. The number of hydrogen-bond donors (Lipinski definition) is 0. The van der Waals surface area contributed by atoms with Crippen LogP contribution in [0.5, 0.6) is 0 Å². The molecule has 0 aliphatic heterocycles. The van der Waals surface area contributed by atoms with E-state index in [1.165, 1.54) is 0 Å². The van der Waals surface area contributed by atoms with Crippen molar-refractivity contribution < 1.29 is 0 Å². The maximum atomic E-state index is 11.1. The molecule has 0 saturated heterocycles. The minimum absolute atomic E-state index is 0.505. The van der Waals surface area contributed by atoms with Crippen molar-refractivity contribution in [3.63, 3.8) is 0 Å². The Bertz CT molecular complexity index is 5890. The minimum Gasteiger partial charge on any atom is -0.308 e. The molecule has 0 spiro atoms. The smallest absolute Gasteiger partial charge is 0.187 e. The summed E-state index contributed by atoms with van der Waals surface area (Å²) in [7, 11) is 0. The van der Waals surface area contributed by atoms with Gasteiger partial charge < -0.3 is 22.8 Å². The number of nitrogens with zero attached hydrogens (tertiary/aromatic N) is 8. The van der Waals surface area contributed by atoms with Crippen LogP contribution >= 0.6 is 0 Å². The number of rotatable bonds is 7. The highest BCUT2D eigenvalue weighted by molar-refractivity contribution is 6.27. The lowest BCUT2D eigenvalue weighted by molar-refractivity contribution is 1.03. The van der Waals surface area contributed by atoms with Crippen LogP contribution in [-0.2, 0) is 0 Å². The van der Waals surface area contributed by atoms with Crippen LogP contribution < -0.4 is 0 Å². The van der Waals surface area contributed by atoms with Gasteiger partial charge in [-0.3, -0.25) is 4.98 Å². The van der Waals surface area contributed by atoms with E-state index in [4.69, 9.17) is 11.6 Å². The number of aromatic nitrogens is 6. The summed E-state index contributed by atoms with van der Waals surface area (Å²) in [4.78, 5) is 9.57. The van der Waals surface area contributed by atoms with Crippen LogP contribution in [0.3, 0.4) is 0 Å². The first-order valence-electron chi connectivity index (χ1n) is 29.2. The molecule has 0 amide bonds. The average molecular weight is 1110 g/mol. The second kappa shape index (κ2) is 18.6. The Morgan fingerprint density at radius 3 is 1.24 bits per heavy atom. The average Bonchev–Trinajstić information content (AvgIpc) is 1.80. The van der Waals surface area contributed by atoms with Gasteiger partial charge in [-0.2, -0.15) is 5.26 Å². The van der Waals surface area contributed by atoms with E-state index in [9.17, 15) is 5.26 Å². The largest absolute Gasteiger partial charge is 0.308 e. The third-order valence-corrected chi connectivity index (χ3v) is 17.9. The van der Waals surface area contributed by atoms with E-state index in [2.05, 4.69) is 276 Å². The van der Waals surface area contributed by atoms with Gasteiger partial charge in [0.15, 0.2) is 5.69 Å². The van der Waals surface area contributed by atoms with Gasteiger partial charge in [0, 0.05) is 66.1 Å². The lowest BCUT2D eigenvalue weighted by atomic mass is 9.87. The summed E-state index contributed by atoms with van der Waals surface area (Å²) in [6.45, 7) is 8.68. The van der Waals surface area contributed by atoms with Crippen molar-refractivity contribution in [1.82, 2.24) is 27.8 Å². The van der Waals surface area contributed by atoms with Crippen molar-refractivity contribution in [3.05, 3.63) is 296 Å². The van der Waals surface area contributed by atoms with Crippen LogP contribution in [-0.4, -0.2) is 27.8 Å². The fourth-order valence-electron chi connectivity index (χ4n) is 14.5. The highest BCUT2D eigenvalue weighted by Gasteiger charge is 2.36. The van der Waals surface area contributed by atoms with Gasteiger partial charge in [-0.1, -0.05) is 182 Å². The molecule has 8 heteroatoms. The molecule has 8 nitrogen and oxygen atoms in total. The van der Waals surface area contributed by atoms with Gasteiger partial charge in [-0.25, -0.2) is 4.85 Å². The molecule has 18 rings (SSSR count). The van der Waals surface area contributed by atoms with E-state index in [0.717, 1.165) is 160 Å². The summed E-state index contributed by atoms with van der Waals surface area (Å²) in [5, 5.41) is 20.9. The summed E-state index contributed by atoms with van der Waals surface area (Å²) in [5.41, 5.74) is 20.0. The summed E-state index contributed by atoms with van der Waals surface area (Å²) in [5.74, 6) is 0. The molecule has 402 valence electrons. The predicted molar refractivity (Wildman–Crippen MR) is 358 cm³/mol. The molecule has 6 heterocycles. The zero-order valence-electron chi connectivity index (χ0n) is 46.6. The molecular formula is C79H46N8. The Hall–Kier alpha value is -12.2. The monoisotopic (exact) mass is 1110 g/mol. The molecule has 12 aromatic carbocycles. The van der Waals surface area contributed by atoms with Gasteiger partial charge in [0.2, 0.25) is 0 Å². The third kappa shape index (κ3) is 6.78. The first kappa shape index (κ1) is 48.3. The van der Waals surface area contributed by atoms with Crippen LogP contribution in [0.15, 0.2) is 279 Å². The topological polar surface area (TPSA) is 65.7 Å². The van der Waals surface area contributed by atoms with E-state index >= 15 is 0 Å². The van der Waals surface area contributed by atoms with Gasteiger partial charge in [0.05, 0.1) is 107 Å². The lowest BCUT2D eigenvalue weighted by Gasteiger charge is -2.31.